The lowest BCUT2D eigenvalue weighted by Gasteiger charge is -2.43. The summed E-state index contributed by atoms with van der Waals surface area (Å²) < 4.78 is 43.1. The molecule has 1 N–H and O–H groups in total. The number of aliphatic carboxylic acids is 1. The predicted molar refractivity (Wildman–Crippen MR) is 141 cm³/mol. The molecule has 1 aliphatic carbocycles. The smallest absolute Gasteiger partial charge is 0.310 e. The highest BCUT2D eigenvalue weighted by Gasteiger charge is 2.48. The van der Waals surface area contributed by atoms with E-state index in [1.54, 1.807) is 62.4 Å². The first-order valence-corrected chi connectivity index (χ1v) is 13.4. The van der Waals surface area contributed by atoms with Gasteiger partial charge in [0.05, 0.1) is 10.8 Å². The predicted octanol–water partition coefficient (Wildman–Crippen LogP) is 5.80. The number of carboxylic acids is 1. The van der Waals surface area contributed by atoms with E-state index in [2.05, 4.69) is 0 Å². The van der Waals surface area contributed by atoms with Crippen LogP contribution in [0.2, 0.25) is 0 Å². The monoisotopic (exact) mass is 544 g/mol. The van der Waals surface area contributed by atoms with Crippen LogP contribution < -0.4 is 4.90 Å². The Hall–Kier alpha value is -3.36. The van der Waals surface area contributed by atoms with Gasteiger partial charge in [0.2, 0.25) is 17.7 Å². The molecule has 2 fully saturated rings. The second-order valence-electron chi connectivity index (χ2n) is 11.4. The van der Waals surface area contributed by atoms with Crippen LogP contribution in [0.5, 0.6) is 0 Å². The van der Waals surface area contributed by atoms with E-state index in [1.165, 1.54) is 15.9 Å². The van der Waals surface area contributed by atoms with Crippen molar-refractivity contribution in [2.24, 2.45) is 5.41 Å². The van der Waals surface area contributed by atoms with E-state index in [-0.39, 0.29) is 56.7 Å². The van der Waals surface area contributed by atoms with Crippen molar-refractivity contribution >= 4 is 23.5 Å². The Balaban J connectivity index is 1.53. The third-order valence-corrected chi connectivity index (χ3v) is 8.32. The summed E-state index contributed by atoms with van der Waals surface area (Å²) in [5.74, 6) is -5.38. The minimum atomic E-state index is -2.89. The zero-order chi connectivity index (χ0) is 28.4. The van der Waals surface area contributed by atoms with Crippen LogP contribution >= 0.6 is 0 Å². The van der Waals surface area contributed by atoms with Gasteiger partial charge in [0, 0.05) is 49.6 Å². The lowest BCUT2D eigenvalue weighted by Crippen LogP contribution is -2.53. The average Bonchev–Trinajstić information content (AvgIpc) is 2.89. The van der Waals surface area contributed by atoms with Crippen LogP contribution in [0.1, 0.15) is 64.4 Å². The van der Waals surface area contributed by atoms with E-state index >= 15 is 0 Å². The molecule has 39 heavy (non-hydrogen) atoms. The molecular formula is C30H35F3N2O4. The Morgan fingerprint density at radius 2 is 1.62 bits per heavy atom. The summed E-state index contributed by atoms with van der Waals surface area (Å²) in [5, 5.41) is 10.2. The molecule has 1 saturated carbocycles. The highest BCUT2D eigenvalue weighted by atomic mass is 19.3. The van der Waals surface area contributed by atoms with E-state index in [1.807, 2.05) is 0 Å². The fourth-order valence-electron chi connectivity index (χ4n) is 5.97. The number of alkyl halides is 2. The third kappa shape index (κ3) is 5.97. The van der Waals surface area contributed by atoms with Gasteiger partial charge in [-0.15, -0.1) is 0 Å². The standard InChI is InChI=1S/C30H35F3N2O4/c1-28(2,23-12-6-7-13-24(23)31)26(37)34-17-15-29(16-18-34,27(38)39)20-25(36)35(21-9-4-3-5-10-21)22-11-8-14-30(32,33)19-22/h3-7,9-10,12-13,22H,8,11,14-20H2,1-2H3,(H,38,39). The molecule has 2 aromatic carbocycles. The number of piperidine rings is 1. The number of rotatable bonds is 7. The Bertz CT molecular complexity index is 1210. The SMILES string of the molecule is CC(C)(C(=O)N1CCC(CC(=O)N(c2ccccc2)C2CCCC(F)(F)C2)(C(=O)O)CC1)c1ccccc1F. The second-order valence-corrected chi connectivity index (χ2v) is 11.4. The van der Waals surface area contributed by atoms with Gasteiger partial charge in [-0.1, -0.05) is 36.4 Å². The van der Waals surface area contributed by atoms with Crippen molar-refractivity contribution in [1.29, 1.82) is 0 Å². The first-order valence-electron chi connectivity index (χ1n) is 13.4. The molecule has 2 amide bonds. The van der Waals surface area contributed by atoms with Crippen molar-refractivity contribution in [3.63, 3.8) is 0 Å². The molecule has 0 radical (unpaired) electrons. The fraction of sp³-hybridized carbons (Fsp3) is 0.500. The van der Waals surface area contributed by atoms with Crippen LogP contribution in [0, 0.1) is 11.2 Å². The Labute approximate surface area is 226 Å². The summed E-state index contributed by atoms with van der Waals surface area (Å²) in [6.07, 6.45) is -0.338. The molecule has 1 saturated heterocycles. The number of benzene rings is 2. The van der Waals surface area contributed by atoms with Gasteiger partial charge in [0.15, 0.2) is 0 Å². The number of carbonyl (C=O) groups excluding carboxylic acids is 2. The first-order chi connectivity index (χ1) is 18.4. The van der Waals surface area contributed by atoms with Crippen LogP contribution in [-0.2, 0) is 19.8 Å². The number of likely N-dealkylation sites (tertiary alicyclic amines) is 1. The lowest BCUT2D eigenvalue weighted by atomic mass is 9.74. The number of para-hydroxylation sites is 1. The molecule has 1 atom stereocenters. The van der Waals surface area contributed by atoms with Crippen LogP contribution in [0.25, 0.3) is 0 Å². The molecule has 0 aromatic heterocycles. The number of carboxylic acid groups (broad SMARTS) is 1. The molecule has 6 nitrogen and oxygen atoms in total. The van der Waals surface area contributed by atoms with Crippen molar-refractivity contribution in [2.45, 2.75) is 76.2 Å². The molecule has 0 spiro atoms. The molecule has 9 heteroatoms. The largest absolute Gasteiger partial charge is 0.481 e. The number of amides is 2. The van der Waals surface area contributed by atoms with Crippen LogP contribution in [0.3, 0.4) is 0 Å². The van der Waals surface area contributed by atoms with E-state index in [9.17, 15) is 32.7 Å². The second kappa shape index (κ2) is 11.0. The summed E-state index contributed by atoms with van der Waals surface area (Å²) in [6, 6.07) is 13.8. The number of hydrogen-bond donors (Lipinski definition) is 1. The highest BCUT2D eigenvalue weighted by molar-refractivity contribution is 5.97. The van der Waals surface area contributed by atoms with Gasteiger partial charge in [-0.3, -0.25) is 14.4 Å². The minimum absolute atomic E-state index is 0.0244. The number of carbonyl (C=O) groups is 3. The Kier molecular flexibility index (Phi) is 8.09. The summed E-state index contributed by atoms with van der Waals surface area (Å²) in [6.45, 7) is 3.44. The van der Waals surface area contributed by atoms with Crippen molar-refractivity contribution in [2.75, 3.05) is 18.0 Å². The first kappa shape index (κ1) is 28.6. The maximum Gasteiger partial charge on any atom is 0.310 e. The van der Waals surface area contributed by atoms with Crippen LogP contribution in [-0.4, -0.2) is 52.8 Å². The molecule has 1 heterocycles. The van der Waals surface area contributed by atoms with Gasteiger partial charge in [-0.05, 0) is 57.7 Å². The lowest BCUT2D eigenvalue weighted by molar-refractivity contribution is -0.157. The molecule has 2 aromatic rings. The Morgan fingerprint density at radius 3 is 2.21 bits per heavy atom. The number of anilines is 1. The van der Waals surface area contributed by atoms with E-state index in [0.717, 1.165) is 0 Å². The van der Waals surface area contributed by atoms with Gasteiger partial charge in [0.25, 0.3) is 0 Å². The molecule has 4 rings (SSSR count). The maximum absolute atomic E-state index is 14.5. The van der Waals surface area contributed by atoms with E-state index in [0.29, 0.717) is 12.1 Å². The third-order valence-electron chi connectivity index (χ3n) is 8.32. The zero-order valence-corrected chi connectivity index (χ0v) is 22.3. The minimum Gasteiger partial charge on any atom is -0.481 e. The van der Waals surface area contributed by atoms with Crippen LogP contribution in [0.4, 0.5) is 18.9 Å². The maximum atomic E-state index is 14.5. The molecule has 1 unspecified atom stereocenters. The van der Waals surface area contributed by atoms with Crippen molar-refractivity contribution < 1.29 is 32.7 Å². The van der Waals surface area contributed by atoms with Gasteiger partial charge in [0.1, 0.15) is 5.82 Å². The van der Waals surface area contributed by atoms with E-state index in [4.69, 9.17) is 0 Å². The quantitative estimate of drug-likeness (QED) is 0.478. The molecular weight excluding hydrogens is 509 g/mol. The number of nitrogens with zero attached hydrogens (tertiary/aromatic N) is 2. The summed E-state index contributed by atoms with van der Waals surface area (Å²) >= 11 is 0. The highest BCUT2D eigenvalue weighted by Crippen LogP contribution is 2.41. The topological polar surface area (TPSA) is 77.9 Å². The Morgan fingerprint density at radius 1 is 1.00 bits per heavy atom. The van der Waals surface area contributed by atoms with Gasteiger partial charge in [-0.2, -0.15) is 0 Å². The average molecular weight is 545 g/mol. The molecule has 2 aliphatic rings. The van der Waals surface area contributed by atoms with Crippen molar-refractivity contribution in [3.05, 3.63) is 66.0 Å². The number of halogens is 3. The molecule has 210 valence electrons. The van der Waals surface area contributed by atoms with Crippen LogP contribution in [0.15, 0.2) is 54.6 Å². The summed E-state index contributed by atoms with van der Waals surface area (Å²) in [5.41, 5.74) is -1.89. The zero-order valence-electron chi connectivity index (χ0n) is 22.3. The molecule has 0 bridgehead atoms. The number of hydrogen-bond acceptors (Lipinski definition) is 3. The van der Waals surface area contributed by atoms with Gasteiger partial charge < -0.3 is 14.9 Å². The summed E-state index contributed by atoms with van der Waals surface area (Å²) in [4.78, 5) is 42.6. The van der Waals surface area contributed by atoms with Crippen molar-refractivity contribution in [3.8, 4) is 0 Å². The normalized spacial score (nSPS) is 20.7. The fourth-order valence-corrected chi connectivity index (χ4v) is 5.97. The van der Waals surface area contributed by atoms with Gasteiger partial charge >= 0.3 is 5.97 Å². The summed E-state index contributed by atoms with van der Waals surface area (Å²) in [7, 11) is 0. The van der Waals surface area contributed by atoms with Crippen molar-refractivity contribution in [1.82, 2.24) is 4.90 Å². The van der Waals surface area contributed by atoms with E-state index < -0.39 is 46.9 Å². The molecule has 1 aliphatic heterocycles. The van der Waals surface area contributed by atoms with Gasteiger partial charge in [-0.25, -0.2) is 13.2 Å².